The minimum Gasteiger partial charge on any atom is -0.381 e. The number of ether oxygens (including phenoxy) is 1. The van der Waals surface area contributed by atoms with E-state index in [0.717, 1.165) is 26.2 Å². The van der Waals surface area contributed by atoms with Crippen LogP contribution in [0.15, 0.2) is 24.3 Å². The Labute approximate surface area is 120 Å². The van der Waals surface area contributed by atoms with Gasteiger partial charge in [-0.3, -0.25) is 4.90 Å². The number of nitrogens with two attached hydrogens (primary N) is 1. The van der Waals surface area contributed by atoms with Gasteiger partial charge in [0.2, 0.25) is 0 Å². The molecule has 1 aromatic rings. The van der Waals surface area contributed by atoms with Crippen molar-refractivity contribution in [3.8, 4) is 0 Å². The molecule has 1 aliphatic heterocycles. The summed E-state index contributed by atoms with van der Waals surface area (Å²) >= 11 is 0. The number of halogens is 1. The second-order valence-electron chi connectivity index (χ2n) is 5.85. The Hall–Kier alpha value is -0.970. The number of nitrogens with zero attached hydrogens (tertiary/aromatic N) is 1. The number of hydrogen-bond donors (Lipinski definition) is 1. The Bertz CT molecular complexity index is 419. The standard InChI is InChI=1S/C16H25FN2O/c1-12(18)16(14-7-3-4-8-15(14)17)19(2)10-13-6-5-9-20-11-13/h3-4,7-8,12-13,16H,5-6,9-11,18H2,1-2H3. The van der Waals surface area contributed by atoms with Crippen LogP contribution in [0.1, 0.15) is 31.4 Å². The van der Waals surface area contributed by atoms with Crippen molar-refractivity contribution in [1.29, 1.82) is 0 Å². The molecule has 3 nitrogen and oxygen atoms in total. The highest BCUT2D eigenvalue weighted by Gasteiger charge is 2.26. The van der Waals surface area contributed by atoms with Crippen LogP contribution in [-0.2, 0) is 4.74 Å². The first-order valence-electron chi connectivity index (χ1n) is 7.37. The Morgan fingerprint density at radius 2 is 2.20 bits per heavy atom. The van der Waals surface area contributed by atoms with E-state index in [1.807, 2.05) is 26.1 Å². The van der Waals surface area contributed by atoms with E-state index in [-0.39, 0.29) is 17.9 Å². The Balaban J connectivity index is 2.09. The minimum absolute atomic E-state index is 0.0990. The van der Waals surface area contributed by atoms with E-state index in [9.17, 15) is 4.39 Å². The van der Waals surface area contributed by atoms with Crippen molar-refractivity contribution in [2.75, 3.05) is 26.8 Å². The lowest BCUT2D eigenvalue weighted by Gasteiger charge is -2.35. The molecule has 1 saturated heterocycles. The molecule has 1 aliphatic rings. The number of hydrogen-bond acceptors (Lipinski definition) is 3. The summed E-state index contributed by atoms with van der Waals surface area (Å²) < 4.78 is 19.6. The zero-order valence-electron chi connectivity index (χ0n) is 12.4. The molecule has 3 atom stereocenters. The fourth-order valence-electron chi connectivity index (χ4n) is 3.11. The molecule has 0 saturated carbocycles. The van der Waals surface area contributed by atoms with Crippen molar-refractivity contribution in [3.63, 3.8) is 0 Å². The van der Waals surface area contributed by atoms with Crippen LogP contribution in [0.2, 0.25) is 0 Å². The van der Waals surface area contributed by atoms with Crippen LogP contribution >= 0.6 is 0 Å². The summed E-state index contributed by atoms with van der Waals surface area (Å²) in [6.07, 6.45) is 2.29. The topological polar surface area (TPSA) is 38.5 Å². The third kappa shape index (κ3) is 3.78. The summed E-state index contributed by atoms with van der Waals surface area (Å²) in [7, 11) is 2.02. The van der Waals surface area contributed by atoms with Gasteiger partial charge in [0.15, 0.2) is 0 Å². The molecule has 1 aromatic carbocycles. The summed E-state index contributed by atoms with van der Waals surface area (Å²) in [4.78, 5) is 2.17. The van der Waals surface area contributed by atoms with E-state index in [1.165, 1.54) is 12.5 Å². The van der Waals surface area contributed by atoms with Gasteiger partial charge in [0.05, 0.1) is 12.6 Å². The van der Waals surface area contributed by atoms with Crippen LogP contribution < -0.4 is 5.73 Å². The molecule has 20 heavy (non-hydrogen) atoms. The zero-order valence-corrected chi connectivity index (χ0v) is 12.4. The molecule has 2 rings (SSSR count). The van der Waals surface area contributed by atoms with Crippen molar-refractivity contribution in [2.24, 2.45) is 11.7 Å². The van der Waals surface area contributed by atoms with Crippen molar-refractivity contribution in [3.05, 3.63) is 35.6 Å². The molecule has 1 fully saturated rings. The molecule has 0 bridgehead atoms. The Kier molecular flexibility index (Phi) is 5.52. The van der Waals surface area contributed by atoms with E-state index < -0.39 is 0 Å². The largest absolute Gasteiger partial charge is 0.381 e. The molecular weight excluding hydrogens is 255 g/mol. The van der Waals surface area contributed by atoms with Gasteiger partial charge >= 0.3 is 0 Å². The quantitative estimate of drug-likeness (QED) is 0.901. The lowest BCUT2D eigenvalue weighted by atomic mass is 9.96. The lowest BCUT2D eigenvalue weighted by molar-refractivity contribution is 0.0341. The summed E-state index contributed by atoms with van der Waals surface area (Å²) in [5.74, 6) is 0.336. The van der Waals surface area contributed by atoms with Crippen LogP contribution in [0.4, 0.5) is 4.39 Å². The number of rotatable bonds is 5. The van der Waals surface area contributed by atoms with Crippen LogP contribution in [-0.4, -0.2) is 37.7 Å². The first kappa shape index (κ1) is 15.4. The zero-order chi connectivity index (χ0) is 14.5. The summed E-state index contributed by atoms with van der Waals surface area (Å²) in [5, 5.41) is 0. The van der Waals surface area contributed by atoms with Gasteiger partial charge in [0.1, 0.15) is 5.82 Å². The van der Waals surface area contributed by atoms with Crippen LogP contribution in [0.25, 0.3) is 0 Å². The monoisotopic (exact) mass is 280 g/mol. The van der Waals surface area contributed by atoms with Gasteiger partial charge in [-0.2, -0.15) is 0 Å². The van der Waals surface area contributed by atoms with Crippen molar-refractivity contribution >= 4 is 0 Å². The molecule has 2 N–H and O–H groups in total. The van der Waals surface area contributed by atoms with Crippen LogP contribution in [0.5, 0.6) is 0 Å². The highest BCUT2D eigenvalue weighted by molar-refractivity contribution is 5.22. The molecular formula is C16H25FN2O. The van der Waals surface area contributed by atoms with E-state index in [0.29, 0.717) is 11.5 Å². The Morgan fingerprint density at radius 3 is 2.80 bits per heavy atom. The molecule has 4 heteroatoms. The van der Waals surface area contributed by atoms with Crippen LogP contribution in [0.3, 0.4) is 0 Å². The van der Waals surface area contributed by atoms with Gasteiger partial charge in [-0.1, -0.05) is 18.2 Å². The van der Waals surface area contributed by atoms with Gasteiger partial charge in [-0.15, -0.1) is 0 Å². The molecule has 1 heterocycles. The third-order valence-electron chi connectivity index (χ3n) is 4.00. The van der Waals surface area contributed by atoms with Gasteiger partial charge in [0, 0.05) is 24.8 Å². The Morgan fingerprint density at radius 1 is 1.45 bits per heavy atom. The average molecular weight is 280 g/mol. The first-order chi connectivity index (χ1) is 9.59. The number of likely N-dealkylation sites (N-methyl/N-ethyl adjacent to an activating group) is 1. The molecule has 0 aromatic heterocycles. The predicted octanol–water partition coefficient (Wildman–Crippen LogP) is 2.57. The number of benzene rings is 1. The van der Waals surface area contributed by atoms with Crippen molar-refractivity contribution in [2.45, 2.75) is 31.8 Å². The maximum absolute atomic E-state index is 14.0. The van der Waals surface area contributed by atoms with Crippen molar-refractivity contribution < 1.29 is 9.13 Å². The molecule has 0 amide bonds. The lowest BCUT2D eigenvalue weighted by Crippen LogP contribution is -2.41. The first-order valence-corrected chi connectivity index (χ1v) is 7.37. The molecule has 3 unspecified atom stereocenters. The highest BCUT2D eigenvalue weighted by atomic mass is 19.1. The second kappa shape index (κ2) is 7.16. The minimum atomic E-state index is -0.179. The van der Waals surface area contributed by atoms with Crippen molar-refractivity contribution in [1.82, 2.24) is 4.90 Å². The predicted molar refractivity (Wildman–Crippen MR) is 79.0 cm³/mol. The van der Waals surface area contributed by atoms with E-state index in [1.54, 1.807) is 6.07 Å². The maximum Gasteiger partial charge on any atom is 0.128 e. The molecule has 112 valence electrons. The van der Waals surface area contributed by atoms with Gasteiger partial charge < -0.3 is 10.5 Å². The van der Waals surface area contributed by atoms with Gasteiger partial charge in [0.25, 0.3) is 0 Å². The molecule has 0 spiro atoms. The van der Waals surface area contributed by atoms with E-state index in [2.05, 4.69) is 4.90 Å². The molecule has 0 radical (unpaired) electrons. The van der Waals surface area contributed by atoms with Crippen LogP contribution in [0, 0.1) is 11.7 Å². The van der Waals surface area contributed by atoms with E-state index >= 15 is 0 Å². The summed E-state index contributed by atoms with van der Waals surface area (Å²) in [6.45, 7) is 4.49. The normalized spacial score (nSPS) is 22.8. The smallest absolute Gasteiger partial charge is 0.128 e. The summed E-state index contributed by atoms with van der Waals surface area (Å²) in [6, 6.07) is 6.69. The summed E-state index contributed by atoms with van der Waals surface area (Å²) in [5.41, 5.74) is 6.79. The highest BCUT2D eigenvalue weighted by Crippen LogP contribution is 2.26. The SMILES string of the molecule is CC(N)C(c1ccccc1F)N(C)CC1CCCOC1. The maximum atomic E-state index is 14.0. The molecule has 0 aliphatic carbocycles. The third-order valence-corrected chi connectivity index (χ3v) is 4.00. The second-order valence-corrected chi connectivity index (χ2v) is 5.85. The van der Waals surface area contributed by atoms with Gasteiger partial charge in [-0.05, 0) is 38.8 Å². The fraction of sp³-hybridized carbons (Fsp3) is 0.625. The van der Waals surface area contributed by atoms with Gasteiger partial charge in [-0.25, -0.2) is 4.39 Å². The fourth-order valence-corrected chi connectivity index (χ4v) is 3.11. The average Bonchev–Trinajstić information content (AvgIpc) is 2.42. The van der Waals surface area contributed by atoms with E-state index in [4.69, 9.17) is 10.5 Å².